The summed E-state index contributed by atoms with van der Waals surface area (Å²) >= 11 is 0. The summed E-state index contributed by atoms with van der Waals surface area (Å²) < 4.78 is 26.0. The Labute approximate surface area is 110 Å². The first-order chi connectivity index (χ1) is 9.10. The Hall–Kier alpha value is -1.74. The summed E-state index contributed by atoms with van der Waals surface area (Å²) in [4.78, 5) is 0. The van der Waals surface area contributed by atoms with Gasteiger partial charge in [-0.1, -0.05) is 24.3 Å². The molecule has 0 radical (unpaired) electrons. The number of benzene rings is 2. The maximum absolute atomic E-state index is 13.0. The van der Waals surface area contributed by atoms with Crippen LogP contribution in [0.5, 0.6) is 0 Å². The number of rotatable bonds is 3. The monoisotopic (exact) mass is 262 g/mol. The fourth-order valence-electron chi connectivity index (χ4n) is 2.55. The van der Waals surface area contributed by atoms with E-state index < -0.39 is 5.60 Å². The van der Waals surface area contributed by atoms with Gasteiger partial charge in [0, 0.05) is 0 Å². The number of halogens is 2. The highest BCUT2D eigenvalue weighted by Crippen LogP contribution is 2.49. The van der Waals surface area contributed by atoms with E-state index in [4.69, 9.17) is 0 Å². The van der Waals surface area contributed by atoms with Gasteiger partial charge in [0.2, 0.25) is 0 Å². The van der Waals surface area contributed by atoms with E-state index in [0.29, 0.717) is 11.1 Å². The molecule has 1 aliphatic rings. The molecule has 0 bridgehead atoms. The van der Waals surface area contributed by atoms with Crippen LogP contribution < -0.4 is 0 Å². The second-order valence-electron chi connectivity index (χ2n) is 5.05. The van der Waals surface area contributed by atoms with Gasteiger partial charge in [0.1, 0.15) is 17.2 Å². The lowest BCUT2D eigenvalue weighted by Crippen LogP contribution is -2.29. The number of aliphatic hydroxyl groups is 1. The van der Waals surface area contributed by atoms with Crippen LogP contribution in [-0.2, 0) is 5.60 Å². The number of hydrogen-bond donors (Lipinski definition) is 1. The predicted molar refractivity (Wildman–Crippen MR) is 68.5 cm³/mol. The lowest BCUT2D eigenvalue weighted by Gasteiger charge is -2.29. The predicted octanol–water partition coefficient (Wildman–Crippen LogP) is 3.61. The Morgan fingerprint density at radius 2 is 1.16 bits per heavy atom. The van der Waals surface area contributed by atoms with E-state index in [2.05, 4.69) is 0 Å². The Balaban J connectivity index is 2.08. The fourth-order valence-corrected chi connectivity index (χ4v) is 2.55. The van der Waals surface area contributed by atoms with Crippen molar-refractivity contribution in [3.8, 4) is 0 Å². The molecule has 1 N–H and O–H groups in total. The molecule has 3 rings (SSSR count). The molecule has 0 heterocycles. The van der Waals surface area contributed by atoms with Crippen molar-refractivity contribution in [3.05, 3.63) is 71.3 Å². The van der Waals surface area contributed by atoms with Crippen LogP contribution in [-0.4, -0.2) is 5.11 Å². The van der Waals surface area contributed by atoms with Crippen molar-refractivity contribution in [2.75, 3.05) is 0 Å². The van der Waals surface area contributed by atoms with Crippen molar-refractivity contribution in [3.63, 3.8) is 0 Å². The first-order valence-corrected chi connectivity index (χ1v) is 6.35. The highest BCUT2D eigenvalue weighted by molar-refractivity contribution is 5.38. The summed E-state index contributed by atoms with van der Waals surface area (Å²) in [7, 11) is 0. The highest BCUT2D eigenvalue weighted by Gasteiger charge is 2.46. The van der Waals surface area contributed by atoms with E-state index in [-0.39, 0.29) is 17.6 Å². The zero-order valence-electron chi connectivity index (χ0n) is 10.3. The standard InChI is InChI=1S/C16H14F2O/c17-14-7-3-12(4-8-14)16(19,11-1-2-11)13-5-9-15(18)10-6-13/h3-11,19H,1-2H2/i16+2. The average molecular weight is 262 g/mol. The second-order valence-corrected chi connectivity index (χ2v) is 5.05. The topological polar surface area (TPSA) is 20.2 Å². The molecule has 0 atom stereocenters. The van der Waals surface area contributed by atoms with Crippen LogP contribution >= 0.6 is 0 Å². The molecule has 0 unspecified atom stereocenters. The quantitative estimate of drug-likeness (QED) is 0.895. The minimum Gasteiger partial charge on any atom is -0.380 e. The summed E-state index contributed by atoms with van der Waals surface area (Å²) in [6, 6.07) is 11.7. The van der Waals surface area contributed by atoms with Crippen LogP contribution in [0.4, 0.5) is 8.78 Å². The van der Waals surface area contributed by atoms with Gasteiger partial charge in [-0.05, 0) is 54.2 Å². The first kappa shape index (κ1) is 12.3. The molecule has 2 aromatic rings. The van der Waals surface area contributed by atoms with Gasteiger partial charge in [0.25, 0.3) is 0 Å². The first-order valence-electron chi connectivity index (χ1n) is 6.35. The van der Waals surface area contributed by atoms with Gasteiger partial charge in [-0.25, -0.2) is 8.78 Å². The molecule has 0 spiro atoms. The van der Waals surface area contributed by atoms with Crippen molar-refractivity contribution in [1.29, 1.82) is 0 Å². The van der Waals surface area contributed by atoms with Gasteiger partial charge in [0.05, 0.1) is 0 Å². The molecule has 1 nitrogen and oxygen atoms in total. The van der Waals surface area contributed by atoms with Gasteiger partial charge in [-0.2, -0.15) is 0 Å². The molecule has 1 fully saturated rings. The van der Waals surface area contributed by atoms with Gasteiger partial charge >= 0.3 is 0 Å². The molecular formula is C16H14F2O. The molecule has 0 aromatic heterocycles. The summed E-state index contributed by atoms with van der Waals surface area (Å²) in [5, 5.41) is 11.0. The minimum atomic E-state index is -1.15. The maximum Gasteiger partial charge on any atom is 0.123 e. The van der Waals surface area contributed by atoms with E-state index in [9.17, 15) is 13.9 Å². The van der Waals surface area contributed by atoms with Crippen molar-refractivity contribution in [1.82, 2.24) is 0 Å². The van der Waals surface area contributed by atoms with Crippen LogP contribution in [0.2, 0.25) is 0 Å². The van der Waals surface area contributed by atoms with Crippen molar-refractivity contribution in [2.45, 2.75) is 18.4 Å². The molecule has 98 valence electrons. The lowest BCUT2D eigenvalue weighted by atomic mass is 10.2. The Morgan fingerprint density at radius 3 is 1.47 bits per heavy atom. The molecule has 2 aromatic carbocycles. The van der Waals surface area contributed by atoms with Crippen molar-refractivity contribution in [2.24, 2.45) is 5.92 Å². The summed E-state index contributed by atoms with van der Waals surface area (Å²) in [5.74, 6) is -0.551. The van der Waals surface area contributed by atoms with E-state index in [0.717, 1.165) is 12.8 Å². The van der Waals surface area contributed by atoms with Crippen LogP contribution in [0.15, 0.2) is 48.5 Å². The van der Waals surface area contributed by atoms with Gasteiger partial charge < -0.3 is 5.11 Å². The lowest BCUT2D eigenvalue weighted by molar-refractivity contribution is 0.0563. The Bertz CT molecular complexity index is 525. The highest BCUT2D eigenvalue weighted by atomic mass is 19.1. The van der Waals surface area contributed by atoms with Crippen LogP contribution in [0.1, 0.15) is 24.0 Å². The SMILES string of the molecule is O[14C](c1ccc(F)cc1)(c1ccc(F)cc1)C1CC1. The van der Waals surface area contributed by atoms with Crippen LogP contribution in [0, 0.1) is 17.6 Å². The van der Waals surface area contributed by atoms with Crippen LogP contribution in [0.3, 0.4) is 0 Å². The Kier molecular flexibility index (Phi) is 2.86. The largest absolute Gasteiger partial charge is 0.380 e. The molecule has 3 heteroatoms. The van der Waals surface area contributed by atoms with E-state index in [1.54, 1.807) is 24.3 Å². The maximum atomic E-state index is 13.0. The van der Waals surface area contributed by atoms with Gasteiger partial charge in [-0.3, -0.25) is 0 Å². The zero-order chi connectivity index (χ0) is 13.5. The molecule has 0 saturated heterocycles. The Morgan fingerprint density at radius 1 is 0.789 bits per heavy atom. The third kappa shape index (κ3) is 2.15. The van der Waals surface area contributed by atoms with Crippen molar-refractivity contribution >= 4 is 0 Å². The molecule has 1 aliphatic carbocycles. The van der Waals surface area contributed by atoms with Crippen molar-refractivity contribution < 1.29 is 13.9 Å². The molecule has 19 heavy (non-hydrogen) atoms. The van der Waals surface area contributed by atoms with E-state index >= 15 is 0 Å². The van der Waals surface area contributed by atoms with Gasteiger partial charge in [0.15, 0.2) is 0 Å². The summed E-state index contributed by atoms with van der Waals surface area (Å²) in [5.41, 5.74) is 0.160. The second kappa shape index (κ2) is 4.42. The normalized spacial score (nSPS) is 15.5. The smallest absolute Gasteiger partial charge is 0.123 e. The summed E-state index contributed by atoms with van der Waals surface area (Å²) in [6.45, 7) is 0. The van der Waals surface area contributed by atoms with Crippen LogP contribution in [0.25, 0.3) is 0 Å². The van der Waals surface area contributed by atoms with E-state index in [1.165, 1.54) is 24.3 Å². The third-order valence-electron chi connectivity index (χ3n) is 3.74. The molecule has 0 aliphatic heterocycles. The van der Waals surface area contributed by atoms with E-state index in [1.807, 2.05) is 0 Å². The summed E-state index contributed by atoms with van der Waals surface area (Å²) in [6.07, 6.45) is 1.84. The fraction of sp³-hybridized carbons (Fsp3) is 0.250. The zero-order valence-corrected chi connectivity index (χ0v) is 10.3. The average Bonchev–Trinajstić information content (AvgIpc) is 3.24. The molecular weight excluding hydrogens is 248 g/mol. The molecule has 0 amide bonds. The van der Waals surface area contributed by atoms with Gasteiger partial charge in [-0.15, -0.1) is 0 Å². The third-order valence-corrected chi connectivity index (χ3v) is 3.74. The minimum absolute atomic E-state index is 0.114. The molecule has 1 saturated carbocycles. The number of hydrogen-bond acceptors (Lipinski definition) is 1.